The van der Waals surface area contributed by atoms with Gasteiger partial charge in [-0.05, 0) is 12.1 Å². The molecule has 90 valence electrons. The van der Waals surface area contributed by atoms with Gasteiger partial charge in [0.15, 0.2) is 18.1 Å². The summed E-state index contributed by atoms with van der Waals surface area (Å²) in [7, 11) is -3.95. The maximum Gasteiger partial charge on any atom is 0.268 e. The Kier molecular flexibility index (Phi) is 3.21. The molecule has 0 unspecified atom stereocenters. The SMILES string of the molecule is O=S(=O)(O)CC[n+]1ccn(-c2ccccc2)n1. The summed E-state index contributed by atoms with van der Waals surface area (Å²) in [4.78, 5) is 0. The van der Waals surface area contributed by atoms with Gasteiger partial charge in [0.2, 0.25) is 0 Å². The standard InChI is InChI=1S/C10H11N3O3S/c14-17(15,16)9-8-12-6-7-13(11-12)10-4-2-1-3-5-10/h1-7H,8-9H2/p+1. The first kappa shape index (κ1) is 11.7. The van der Waals surface area contributed by atoms with Crippen LogP contribution in [-0.2, 0) is 16.7 Å². The van der Waals surface area contributed by atoms with Gasteiger partial charge in [-0.25, -0.2) is 0 Å². The number of aryl methyl sites for hydroxylation is 1. The Morgan fingerprint density at radius 1 is 1.29 bits per heavy atom. The molecule has 1 aromatic heterocycles. The van der Waals surface area contributed by atoms with Crippen LogP contribution in [0.4, 0.5) is 0 Å². The minimum absolute atomic E-state index is 0.124. The monoisotopic (exact) mass is 254 g/mol. The molecule has 0 aliphatic heterocycles. The molecule has 6 nitrogen and oxygen atoms in total. The third-order valence-corrected chi connectivity index (χ3v) is 2.89. The van der Waals surface area contributed by atoms with Crippen LogP contribution in [0.25, 0.3) is 5.69 Å². The van der Waals surface area contributed by atoms with Crippen LogP contribution in [-0.4, -0.2) is 28.6 Å². The van der Waals surface area contributed by atoms with Crippen LogP contribution in [0.1, 0.15) is 0 Å². The van der Waals surface area contributed by atoms with Gasteiger partial charge in [0.25, 0.3) is 10.1 Å². The van der Waals surface area contributed by atoms with Crippen molar-refractivity contribution in [3.63, 3.8) is 0 Å². The fraction of sp³-hybridized carbons (Fsp3) is 0.200. The fourth-order valence-electron chi connectivity index (χ4n) is 1.37. The van der Waals surface area contributed by atoms with Gasteiger partial charge in [0.1, 0.15) is 12.3 Å². The van der Waals surface area contributed by atoms with Crippen LogP contribution in [0.5, 0.6) is 0 Å². The Bertz CT molecular complexity index is 592. The lowest BCUT2D eigenvalue weighted by Crippen LogP contribution is -2.39. The van der Waals surface area contributed by atoms with Crippen molar-refractivity contribution < 1.29 is 17.7 Å². The molecule has 0 saturated carbocycles. The van der Waals surface area contributed by atoms with Crippen molar-refractivity contribution in [2.24, 2.45) is 0 Å². The van der Waals surface area contributed by atoms with E-state index in [1.807, 2.05) is 30.3 Å². The summed E-state index contributed by atoms with van der Waals surface area (Å²) in [5.41, 5.74) is 0.887. The molecule has 7 heteroatoms. The van der Waals surface area contributed by atoms with Gasteiger partial charge in [-0.2, -0.15) is 8.42 Å². The van der Waals surface area contributed by atoms with Crippen LogP contribution in [0.2, 0.25) is 0 Å². The van der Waals surface area contributed by atoms with Crippen molar-refractivity contribution in [2.75, 3.05) is 5.75 Å². The van der Waals surface area contributed by atoms with Crippen LogP contribution in [0.15, 0.2) is 42.7 Å². The quantitative estimate of drug-likeness (QED) is 0.618. The zero-order chi connectivity index (χ0) is 12.3. The molecule has 2 aromatic rings. The van der Waals surface area contributed by atoms with Crippen LogP contribution in [0, 0.1) is 0 Å². The minimum atomic E-state index is -3.95. The van der Waals surface area contributed by atoms with Gasteiger partial charge in [0, 0.05) is 0 Å². The molecule has 0 atom stereocenters. The summed E-state index contributed by atoms with van der Waals surface area (Å²) in [5, 5.41) is 4.14. The number of benzene rings is 1. The Morgan fingerprint density at radius 3 is 2.65 bits per heavy atom. The Balaban J connectivity index is 2.12. The lowest BCUT2D eigenvalue weighted by molar-refractivity contribution is -0.750. The summed E-state index contributed by atoms with van der Waals surface area (Å²) in [5.74, 6) is -0.344. The Morgan fingerprint density at radius 2 is 2.00 bits per heavy atom. The highest BCUT2D eigenvalue weighted by Crippen LogP contribution is 2.02. The van der Waals surface area contributed by atoms with E-state index in [0.29, 0.717) is 0 Å². The molecular weight excluding hydrogens is 242 g/mol. The minimum Gasteiger partial charge on any atom is -0.285 e. The normalized spacial score (nSPS) is 11.6. The highest BCUT2D eigenvalue weighted by Gasteiger charge is 2.11. The summed E-state index contributed by atoms with van der Waals surface area (Å²) in [6.45, 7) is 0.124. The maximum absolute atomic E-state index is 10.6. The third kappa shape index (κ3) is 3.36. The van der Waals surface area contributed by atoms with Gasteiger partial charge in [0.05, 0.1) is 5.21 Å². The molecule has 1 aromatic carbocycles. The summed E-state index contributed by atoms with van der Waals surface area (Å²) < 4.78 is 32.9. The van der Waals surface area contributed by atoms with E-state index >= 15 is 0 Å². The second kappa shape index (κ2) is 4.64. The highest BCUT2D eigenvalue weighted by molar-refractivity contribution is 7.85. The predicted octanol–water partition coefficient (Wildman–Crippen LogP) is 0.0476. The van der Waals surface area contributed by atoms with Crippen molar-refractivity contribution in [2.45, 2.75) is 6.54 Å². The maximum atomic E-state index is 10.6. The molecule has 0 bridgehead atoms. The van der Waals surface area contributed by atoms with Crippen molar-refractivity contribution in [1.82, 2.24) is 9.90 Å². The van der Waals surface area contributed by atoms with Crippen LogP contribution >= 0.6 is 0 Å². The number of hydrogen-bond acceptors (Lipinski definition) is 3. The predicted molar refractivity (Wildman–Crippen MR) is 60.2 cm³/mol. The van der Waals surface area contributed by atoms with E-state index in [9.17, 15) is 8.42 Å². The fourth-order valence-corrected chi connectivity index (χ4v) is 1.79. The smallest absolute Gasteiger partial charge is 0.268 e. The van der Waals surface area contributed by atoms with E-state index in [-0.39, 0.29) is 12.3 Å². The molecule has 0 spiro atoms. The highest BCUT2D eigenvalue weighted by atomic mass is 32.2. The van der Waals surface area contributed by atoms with Crippen LogP contribution < -0.4 is 4.68 Å². The van der Waals surface area contributed by atoms with Crippen molar-refractivity contribution in [3.8, 4) is 5.69 Å². The van der Waals surface area contributed by atoms with Crippen molar-refractivity contribution in [3.05, 3.63) is 42.7 Å². The number of nitrogens with zero attached hydrogens (tertiary/aromatic N) is 3. The molecule has 0 saturated heterocycles. The molecule has 1 heterocycles. The molecule has 0 fully saturated rings. The largest absolute Gasteiger partial charge is 0.285 e. The number of para-hydroxylation sites is 1. The van der Waals surface area contributed by atoms with Crippen molar-refractivity contribution in [1.29, 1.82) is 0 Å². The van der Waals surface area contributed by atoms with E-state index in [2.05, 4.69) is 5.21 Å². The first-order valence-electron chi connectivity index (χ1n) is 5.00. The molecular formula is C10H12N3O3S+. The molecule has 0 aliphatic carbocycles. The van der Waals surface area contributed by atoms with Gasteiger partial charge < -0.3 is 0 Å². The van der Waals surface area contributed by atoms with Gasteiger partial charge >= 0.3 is 0 Å². The number of rotatable bonds is 4. The molecule has 1 N–H and O–H groups in total. The second-order valence-corrected chi connectivity index (χ2v) is 5.09. The number of hydrogen-bond donors (Lipinski definition) is 1. The van der Waals surface area contributed by atoms with E-state index in [1.54, 1.807) is 17.1 Å². The van der Waals surface area contributed by atoms with Crippen LogP contribution in [0.3, 0.4) is 0 Å². The molecule has 0 amide bonds. The number of aromatic nitrogens is 3. The second-order valence-electron chi connectivity index (χ2n) is 3.52. The topological polar surface area (TPSA) is 76.1 Å². The Labute approximate surface area is 98.9 Å². The molecule has 0 radical (unpaired) electrons. The summed E-state index contributed by atoms with van der Waals surface area (Å²) >= 11 is 0. The van der Waals surface area contributed by atoms with E-state index < -0.39 is 10.1 Å². The van der Waals surface area contributed by atoms with E-state index in [0.717, 1.165) is 5.69 Å². The average Bonchev–Trinajstić information content (AvgIpc) is 2.75. The first-order chi connectivity index (χ1) is 8.04. The Hall–Kier alpha value is -1.73. The molecule has 0 aliphatic rings. The van der Waals surface area contributed by atoms with E-state index in [4.69, 9.17) is 4.55 Å². The zero-order valence-corrected chi connectivity index (χ0v) is 9.79. The molecule has 2 rings (SSSR count). The van der Waals surface area contributed by atoms with Gasteiger partial charge in [-0.1, -0.05) is 18.2 Å². The molecule has 17 heavy (non-hydrogen) atoms. The lowest BCUT2D eigenvalue weighted by Gasteiger charge is -1.92. The van der Waals surface area contributed by atoms with Crippen molar-refractivity contribution >= 4 is 10.1 Å². The summed E-state index contributed by atoms with van der Waals surface area (Å²) in [6.07, 6.45) is 3.37. The zero-order valence-electron chi connectivity index (χ0n) is 8.97. The summed E-state index contributed by atoms with van der Waals surface area (Å²) in [6, 6.07) is 9.46. The first-order valence-corrected chi connectivity index (χ1v) is 6.61. The lowest BCUT2D eigenvalue weighted by atomic mass is 10.3. The van der Waals surface area contributed by atoms with Gasteiger partial charge in [-0.15, -0.1) is 9.36 Å². The third-order valence-electron chi connectivity index (χ3n) is 2.19. The average molecular weight is 254 g/mol. The van der Waals surface area contributed by atoms with Gasteiger partial charge in [-0.3, -0.25) is 4.55 Å². The van der Waals surface area contributed by atoms with E-state index in [1.165, 1.54) is 4.68 Å².